The third kappa shape index (κ3) is 8.34. The first kappa shape index (κ1) is 23.5. The molecular weight excluding hydrogens is 475 g/mol. The van der Waals surface area contributed by atoms with Gasteiger partial charge in [0.15, 0.2) is 5.96 Å². The molecule has 2 N–H and O–H groups in total. The first-order chi connectivity index (χ1) is 12.6. The van der Waals surface area contributed by atoms with E-state index in [4.69, 9.17) is 9.47 Å². The average Bonchev–Trinajstić information content (AvgIpc) is 3.12. The Labute approximate surface area is 182 Å². The Morgan fingerprint density at radius 1 is 1.26 bits per heavy atom. The lowest BCUT2D eigenvalue weighted by Crippen LogP contribution is -2.41. The van der Waals surface area contributed by atoms with Gasteiger partial charge in [0.2, 0.25) is 0 Å². The van der Waals surface area contributed by atoms with E-state index in [0.717, 1.165) is 41.1 Å². The fraction of sp³-hybridized carbons (Fsp3) is 0.474. The minimum atomic E-state index is -0.0167. The quantitative estimate of drug-likeness (QED) is 0.309. The van der Waals surface area contributed by atoms with Crippen molar-refractivity contribution in [3.8, 4) is 11.5 Å². The Hall–Kier alpha value is -1.55. The maximum Gasteiger partial charge on any atom is 0.191 e. The number of aromatic nitrogens is 1. The van der Waals surface area contributed by atoms with Crippen molar-refractivity contribution >= 4 is 41.3 Å². The Morgan fingerprint density at radius 3 is 2.70 bits per heavy atom. The van der Waals surface area contributed by atoms with E-state index in [1.807, 2.05) is 38.1 Å². The largest absolute Gasteiger partial charge is 0.497 e. The summed E-state index contributed by atoms with van der Waals surface area (Å²) in [5.41, 5.74) is 1.00. The van der Waals surface area contributed by atoms with Gasteiger partial charge in [-0.3, -0.25) is 0 Å². The van der Waals surface area contributed by atoms with Crippen LogP contribution in [0.2, 0.25) is 0 Å². The minimum Gasteiger partial charge on any atom is -0.497 e. The number of thiazole rings is 1. The fourth-order valence-electron chi connectivity index (χ4n) is 2.27. The topological polar surface area (TPSA) is 67.8 Å². The van der Waals surface area contributed by atoms with Gasteiger partial charge in [-0.05, 0) is 32.4 Å². The Morgan fingerprint density at radius 2 is 2.04 bits per heavy atom. The van der Waals surface area contributed by atoms with Gasteiger partial charge in [-0.15, -0.1) is 35.3 Å². The number of guanidine groups is 1. The number of nitrogens with zero attached hydrogens (tertiary/aromatic N) is 2. The van der Waals surface area contributed by atoms with Gasteiger partial charge in [-0.1, -0.05) is 13.0 Å². The summed E-state index contributed by atoms with van der Waals surface area (Å²) in [4.78, 5) is 9.15. The average molecular weight is 504 g/mol. The van der Waals surface area contributed by atoms with E-state index in [0.29, 0.717) is 13.1 Å². The van der Waals surface area contributed by atoms with E-state index < -0.39 is 0 Å². The van der Waals surface area contributed by atoms with E-state index in [1.165, 1.54) is 0 Å². The van der Waals surface area contributed by atoms with Gasteiger partial charge in [-0.2, -0.15) is 0 Å². The monoisotopic (exact) mass is 504 g/mol. The highest BCUT2D eigenvalue weighted by Gasteiger charge is 2.07. The number of hydrogen-bond acceptors (Lipinski definition) is 5. The number of aryl methyl sites for hydroxylation is 1. The molecule has 2 aromatic rings. The van der Waals surface area contributed by atoms with Crippen molar-refractivity contribution < 1.29 is 9.47 Å². The Kier molecular flexibility index (Phi) is 11.1. The van der Waals surface area contributed by atoms with Gasteiger partial charge >= 0.3 is 0 Å². The van der Waals surface area contributed by atoms with E-state index in [-0.39, 0.29) is 30.1 Å². The van der Waals surface area contributed by atoms with Gasteiger partial charge in [-0.25, -0.2) is 9.98 Å². The summed E-state index contributed by atoms with van der Waals surface area (Å²) in [5, 5.41) is 9.79. The fourth-order valence-corrected chi connectivity index (χ4v) is 3.01. The molecule has 0 amide bonds. The highest BCUT2D eigenvalue weighted by Crippen LogP contribution is 2.19. The molecule has 2 rings (SSSR count). The standard InChI is InChI=1S/C19H28N4O2S.HI/c1-5-18-23-15(13-26-18)12-22-19(20-6-2)21-11-14(3)25-17-9-7-8-16(10-17)24-4;/h7-10,13-14H,5-6,11-12H2,1-4H3,(H2,20,21,22);1H. The van der Waals surface area contributed by atoms with E-state index in [2.05, 4.69) is 32.9 Å². The van der Waals surface area contributed by atoms with Crippen LogP contribution in [0.3, 0.4) is 0 Å². The molecule has 8 heteroatoms. The van der Waals surface area contributed by atoms with Gasteiger partial charge in [0.25, 0.3) is 0 Å². The van der Waals surface area contributed by atoms with Crippen LogP contribution in [0.5, 0.6) is 11.5 Å². The van der Waals surface area contributed by atoms with Gasteiger partial charge < -0.3 is 20.1 Å². The smallest absolute Gasteiger partial charge is 0.191 e. The predicted octanol–water partition coefficient (Wildman–Crippen LogP) is 3.85. The number of aliphatic imine (C=N–C) groups is 1. The number of methoxy groups -OCH3 is 1. The number of ether oxygens (including phenoxy) is 2. The number of benzene rings is 1. The maximum atomic E-state index is 5.93. The second-order valence-electron chi connectivity index (χ2n) is 5.77. The molecule has 27 heavy (non-hydrogen) atoms. The van der Waals surface area contributed by atoms with Crippen LogP contribution < -0.4 is 20.1 Å². The zero-order valence-corrected chi connectivity index (χ0v) is 19.5. The van der Waals surface area contributed by atoms with Gasteiger partial charge in [0.05, 0.1) is 30.9 Å². The molecule has 0 saturated heterocycles. The molecule has 1 atom stereocenters. The van der Waals surface area contributed by atoms with E-state index in [1.54, 1.807) is 18.4 Å². The molecule has 1 aromatic carbocycles. The highest BCUT2D eigenvalue weighted by molar-refractivity contribution is 14.0. The molecule has 0 aliphatic carbocycles. The molecule has 0 bridgehead atoms. The number of rotatable bonds is 9. The van der Waals surface area contributed by atoms with Crippen molar-refractivity contribution in [2.24, 2.45) is 4.99 Å². The molecule has 1 unspecified atom stereocenters. The second-order valence-corrected chi connectivity index (χ2v) is 6.71. The lowest BCUT2D eigenvalue weighted by Gasteiger charge is -2.18. The SMILES string of the molecule is CCNC(=NCc1csc(CC)n1)NCC(C)Oc1cccc(OC)c1.I. The third-order valence-electron chi connectivity index (χ3n) is 3.58. The number of nitrogens with one attached hydrogen (secondary N) is 2. The molecule has 0 fully saturated rings. The van der Waals surface area contributed by atoms with Crippen LogP contribution in [0.1, 0.15) is 31.5 Å². The number of hydrogen-bond donors (Lipinski definition) is 2. The van der Waals surface area contributed by atoms with Crippen LogP contribution in [-0.4, -0.2) is 37.2 Å². The molecule has 1 heterocycles. The normalized spacial score (nSPS) is 12.1. The second kappa shape index (κ2) is 12.8. The molecule has 0 spiro atoms. The zero-order valence-electron chi connectivity index (χ0n) is 16.3. The Bertz CT molecular complexity index is 709. The molecule has 0 saturated carbocycles. The molecule has 0 aliphatic rings. The lowest BCUT2D eigenvalue weighted by molar-refractivity contribution is 0.223. The van der Waals surface area contributed by atoms with Crippen LogP contribution in [0.15, 0.2) is 34.6 Å². The van der Waals surface area contributed by atoms with Crippen molar-refractivity contribution in [2.75, 3.05) is 20.2 Å². The Balaban J connectivity index is 0.00000364. The van der Waals surface area contributed by atoms with Crippen molar-refractivity contribution in [1.29, 1.82) is 0 Å². The molecule has 0 radical (unpaired) electrons. The molecule has 6 nitrogen and oxygen atoms in total. The van der Waals surface area contributed by atoms with Crippen molar-refractivity contribution in [1.82, 2.24) is 15.6 Å². The molecular formula is C19H29IN4O2S. The zero-order chi connectivity index (χ0) is 18.8. The predicted molar refractivity (Wildman–Crippen MR) is 123 cm³/mol. The summed E-state index contributed by atoms with van der Waals surface area (Å²) < 4.78 is 11.2. The summed E-state index contributed by atoms with van der Waals surface area (Å²) in [6.07, 6.45) is 0.947. The van der Waals surface area contributed by atoms with E-state index in [9.17, 15) is 0 Å². The van der Waals surface area contributed by atoms with Crippen molar-refractivity contribution in [3.05, 3.63) is 40.3 Å². The summed E-state index contributed by atoms with van der Waals surface area (Å²) in [6, 6.07) is 7.61. The van der Waals surface area contributed by atoms with E-state index >= 15 is 0 Å². The van der Waals surface area contributed by atoms with Crippen molar-refractivity contribution in [3.63, 3.8) is 0 Å². The summed E-state index contributed by atoms with van der Waals surface area (Å²) in [6.45, 7) is 8.18. The first-order valence-electron chi connectivity index (χ1n) is 8.90. The number of halogens is 1. The van der Waals surface area contributed by atoms with Gasteiger partial charge in [0, 0.05) is 18.0 Å². The summed E-state index contributed by atoms with van der Waals surface area (Å²) >= 11 is 1.69. The minimum absolute atomic E-state index is 0. The summed E-state index contributed by atoms with van der Waals surface area (Å²) in [5.74, 6) is 2.34. The lowest BCUT2D eigenvalue weighted by atomic mass is 10.3. The summed E-state index contributed by atoms with van der Waals surface area (Å²) in [7, 11) is 1.65. The maximum absolute atomic E-state index is 5.93. The highest BCUT2D eigenvalue weighted by atomic mass is 127. The molecule has 0 aliphatic heterocycles. The van der Waals surface area contributed by atoms with Crippen LogP contribution in [0.25, 0.3) is 0 Å². The molecule has 150 valence electrons. The third-order valence-corrected chi connectivity index (χ3v) is 4.62. The van der Waals surface area contributed by atoms with Crippen molar-refractivity contribution in [2.45, 2.75) is 39.8 Å². The van der Waals surface area contributed by atoms with Gasteiger partial charge in [0.1, 0.15) is 17.6 Å². The first-order valence-corrected chi connectivity index (χ1v) is 9.78. The van der Waals surface area contributed by atoms with Crippen LogP contribution >= 0.6 is 35.3 Å². The van der Waals surface area contributed by atoms with Crippen LogP contribution in [-0.2, 0) is 13.0 Å². The van der Waals surface area contributed by atoms with Crippen LogP contribution in [0.4, 0.5) is 0 Å². The molecule has 1 aromatic heterocycles. The van der Waals surface area contributed by atoms with Crippen LogP contribution in [0, 0.1) is 0 Å².